The molecule has 3 rings (SSSR count). The smallest absolute Gasteiger partial charge is 0.0524 e. The summed E-state index contributed by atoms with van der Waals surface area (Å²) in [5.41, 5.74) is 1.43. The zero-order valence-corrected chi connectivity index (χ0v) is 13.2. The Kier molecular flexibility index (Phi) is 5.87. The number of nitrogens with one attached hydrogen (secondary N) is 1. The van der Waals surface area contributed by atoms with Crippen molar-refractivity contribution in [2.75, 3.05) is 32.7 Å². The number of hydrogen-bond donors (Lipinski definition) is 1. The summed E-state index contributed by atoms with van der Waals surface area (Å²) in [4.78, 5) is 2.67. The normalized spacial score (nSPS) is 25.4. The van der Waals surface area contributed by atoms with Crippen molar-refractivity contribution >= 4 is 12.4 Å². The highest BCUT2D eigenvalue weighted by atomic mass is 35.5. The molecule has 2 aliphatic heterocycles. The molecule has 0 radical (unpaired) electrons. The van der Waals surface area contributed by atoms with Crippen LogP contribution >= 0.6 is 12.4 Å². The van der Waals surface area contributed by atoms with Gasteiger partial charge in [-0.1, -0.05) is 0 Å². The van der Waals surface area contributed by atoms with Gasteiger partial charge in [0.05, 0.1) is 6.20 Å². The fourth-order valence-electron chi connectivity index (χ4n) is 3.54. The van der Waals surface area contributed by atoms with Crippen LogP contribution in [0.4, 0.5) is 0 Å². The third-order valence-electron chi connectivity index (χ3n) is 4.70. The van der Waals surface area contributed by atoms with Gasteiger partial charge < -0.3 is 10.2 Å². The number of hydrogen-bond acceptors (Lipinski definition) is 3. The summed E-state index contributed by atoms with van der Waals surface area (Å²) in [5, 5.41) is 7.82. The maximum absolute atomic E-state index is 4.30. The number of likely N-dealkylation sites (tertiary alicyclic amines) is 1. The molecule has 20 heavy (non-hydrogen) atoms. The van der Waals surface area contributed by atoms with Crippen molar-refractivity contribution in [3.05, 3.63) is 18.0 Å². The number of aromatic nitrogens is 2. The van der Waals surface area contributed by atoms with Gasteiger partial charge in [0, 0.05) is 19.8 Å². The Balaban J connectivity index is 0.00000147. The first-order chi connectivity index (χ1) is 9.31. The molecule has 5 heteroatoms. The zero-order chi connectivity index (χ0) is 13.1. The summed E-state index contributed by atoms with van der Waals surface area (Å²) < 4.78 is 1.93. The van der Waals surface area contributed by atoms with Crippen molar-refractivity contribution in [3.63, 3.8) is 0 Å². The Hall–Kier alpha value is -0.580. The first-order valence-electron chi connectivity index (χ1n) is 7.73. The first-order valence-corrected chi connectivity index (χ1v) is 7.73. The molecule has 0 saturated carbocycles. The van der Waals surface area contributed by atoms with E-state index in [1.165, 1.54) is 64.0 Å². The van der Waals surface area contributed by atoms with Gasteiger partial charge in [0.15, 0.2) is 0 Å². The van der Waals surface area contributed by atoms with Crippen molar-refractivity contribution in [2.24, 2.45) is 13.0 Å². The second kappa shape index (κ2) is 7.43. The fourth-order valence-corrected chi connectivity index (χ4v) is 3.54. The van der Waals surface area contributed by atoms with Crippen LogP contribution in [0.2, 0.25) is 0 Å². The summed E-state index contributed by atoms with van der Waals surface area (Å²) in [5.74, 6) is 1.61. The maximum Gasteiger partial charge on any atom is 0.0524 e. The molecule has 0 aromatic carbocycles. The summed E-state index contributed by atoms with van der Waals surface area (Å²) in [7, 11) is 2.01. The van der Waals surface area contributed by atoms with E-state index in [1.807, 2.05) is 17.9 Å². The Morgan fingerprint density at radius 2 is 2.10 bits per heavy atom. The van der Waals surface area contributed by atoms with Crippen LogP contribution in [0.25, 0.3) is 0 Å². The highest BCUT2D eigenvalue weighted by Crippen LogP contribution is 2.28. The van der Waals surface area contributed by atoms with E-state index < -0.39 is 0 Å². The van der Waals surface area contributed by atoms with Gasteiger partial charge in [0.2, 0.25) is 0 Å². The molecule has 4 nitrogen and oxygen atoms in total. The SMILES string of the molecule is Cl.Cn1cc(C2CCN(CC3CCCNC3)CC2)cn1. The second-order valence-electron chi connectivity index (χ2n) is 6.23. The molecular formula is C15H27ClN4. The molecule has 1 N–H and O–H groups in total. The van der Waals surface area contributed by atoms with Crippen LogP contribution in [0.3, 0.4) is 0 Å². The van der Waals surface area contributed by atoms with Crippen LogP contribution in [-0.2, 0) is 7.05 Å². The molecule has 0 bridgehead atoms. The summed E-state index contributed by atoms with van der Waals surface area (Å²) in [6, 6.07) is 0. The summed E-state index contributed by atoms with van der Waals surface area (Å²) in [6.45, 7) is 6.26. The molecule has 2 aliphatic rings. The third kappa shape index (κ3) is 3.96. The highest BCUT2D eigenvalue weighted by molar-refractivity contribution is 5.85. The highest BCUT2D eigenvalue weighted by Gasteiger charge is 2.24. The van der Waals surface area contributed by atoms with Gasteiger partial charge in [-0.3, -0.25) is 4.68 Å². The minimum absolute atomic E-state index is 0. The van der Waals surface area contributed by atoms with Gasteiger partial charge in [0.25, 0.3) is 0 Å². The predicted octanol–water partition coefficient (Wildman–Crippen LogP) is 2.02. The first kappa shape index (κ1) is 15.8. The molecule has 0 aliphatic carbocycles. The molecule has 1 atom stereocenters. The standard InChI is InChI=1S/C15H26N4.ClH/c1-18-12-15(10-17-18)14-4-7-19(8-5-14)11-13-3-2-6-16-9-13;/h10,12-14,16H,2-9,11H2,1H3;1H. The van der Waals surface area contributed by atoms with Crippen LogP contribution in [-0.4, -0.2) is 47.4 Å². The van der Waals surface area contributed by atoms with Gasteiger partial charge in [-0.05, 0) is 69.3 Å². The molecule has 1 unspecified atom stereocenters. The van der Waals surface area contributed by atoms with E-state index in [2.05, 4.69) is 21.5 Å². The van der Waals surface area contributed by atoms with Gasteiger partial charge in [-0.2, -0.15) is 5.10 Å². The van der Waals surface area contributed by atoms with Crippen molar-refractivity contribution in [1.82, 2.24) is 20.0 Å². The van der Waals surface area contributed by atoms with E-state index in [1.54, 1.807) is 0 Å². The molecule has 0 amide bonds. The summed E-state index contributed by atoms with van der Waals surface area (Å²) >= 11 is 0. The monoisotopic (exact) mass is 298 g/mol. The van der Waals surface area contributed by atoms with E-state index in [0.717, 1.165) is 11.8 Å². The lowest BCUT2D eigenvalue weighted by Gasteiger charge is -2.35. The molecule has 2 saturated heterocycles. The maximum atomic E-state index is 4.30. The van der Waals surface area contributed by atoms with Crippen molar-refractivity contribution < 1.29 is 0 Å². The Morgan fingerprint density at radius 1 is 1.30 bits per heavy atom. The Labute approximate surface area is 128 Å². The molecule has 3 heterocycles. The lowest BCUT2D eigenvalue weighted by molar-refractivity contribution is 0.169. The van der Waals surface area contributed by atoms with Crippen molar-refractivity contribution in [3.8, 4) is 0 Å². The average Bonchev–Trinajstić information content (AvgIpc) is 2.87. The molecule has 1 aromatic heterocycles. The molecule has 2 fully saturated rings. The largest absolute Gasteiger partial charge is 0.316 e. The predicted molar refractivity (Wildman–Crippen MR) is 84.5 cm³/mol. The molecule has 114 valence electrons. The Bertz CT molecular complexity index is 392. The van der Waals surface area contributed by atoms with Crippen LogP contribution in [0.1, 0.15) is 37.2 Å². The van der Waals surface area contributed by atoms with E-state index in [9.17, 15) is 0 Å². The van der Waals surface area contributed by atoms with Gasteiger partial charge in [-0.25, -0.2) is 0 Å². The molecule has 1 aromatic rings. The van der Waals surface area contributed by atoms with E-state index in [0.29, 0.717) is 0 Å². The fraction of sp³-hybridized carbons (Fsp3) is 0.800. The Morgan fingerprint density at radius 3 is 2.70 bits per heavy atom. The average molecular weight is 299 g/mol. The lowest BCUT2D eigenvalue weighted by Crippen LogP contribution is -2.41. The van der Waals surface area contributed by atoms with Crippen molar-refractivity contribution in [1.29, 1.82) is 0 Å². The zero-order valence-electron chi connectivity index (χ0n) is 12.4. The van der Waals surface area contributed by atoms with Crippen LogP contribution in [0.5, 0.6) is 0 Å². The van der Waals surface area contributed by atoms with Gasteiger partial charge in [-0.15, -0.1) is 12.4 Å². The minimum atomic E-state index is 0. The number of piperidine rings is 2. The second-order valence-corrected chi connectivity index (χ2v) is 6.23. The quantitative estimate of drug-likeness (QED) is 0.927. The van der Waals surface area contributed by atoms with Gasteiger partial charge in [0.1, 0.15) is 0 Å². The number of rotatable bonds is 3. The molecular weight excluding hydrogens is 272 g/mol. The number of nitrogens with zero attached hydrogens (tertiary/aromatic N) is 3. The summed E-state index contributed by atoms with van der Waals surface area (Å²) in [6.07, 6.45) is 9.60. The van der Waals surface area contributed by atoms with Crippen molar-refractivity contribution in [2.45, 2.75) is 31.6 Å². The lowest BCUT2D eigenvalue weighted by atomic mass is 9.90. The molecule has 0 spiro atoms. The van der Waals surface area contributed by atoms with E-state index in [-0.39, 0.29) is 12.4 Å². The van der Waals surface area contributed by atoms with E-state index in [4.69, 9.17) is 0 Å². The van der Waals surface area contributed by atoms with Crippen LogP contribution in [0, 0.1) is 5.92 Å². The van der Waals surface area contributed by atoms with Crippen LogP contribution < -0.4 is 5.32 Å². The van der Waals surface area contributed by atoms with Gasteiger partial charge >= 0.3 is 0 Å². The van der Waals surface area contributed by atoms with Crippen LogP contribution in [0.15, 0.2) is 12.4 Å². The van der Waals surface area contributed by atoms with E-state index >= 15 is 0 Å². The number of halogens is 1. The number of aryl methyl sites for hydroxylation is 1. The minimum Gasteiger partial charge on any atom is -0.316 e. The topological polar surface area (TPSA) is 33.1 Å². The third-order valence-corrected chi connectivity index (χ3v) is 4.70.